The second-order valence-corrected chi connectivity index (χ2v) is 9.31. The molecule has 0 atom stereocenters. The van der Waals surface area contributed by atoms with Gasteiger partial charge in [-0.1, -0.05) is 13.8 Å². The second-order valence-electron chi connectivity index (χ2n) is 7.37. The summed E-state index contributed by atoms with van der Waals surface area (Å²) in [6, 6.07) is 6.13. The van der Waals surface area contributed by atoms with Gasteiger partial charge in [-0.15, -0.1) is 0 Å². The van der Waals surface area contributed by atoms with E-state index in [4.69, 9.17) is 0 Å². The average Bonchev–Trinajstić information content (AvgIpc) is 2.79. The summed E-state index contributed by atoms with van der Waals surface area (Å²) in [4.78, 5) is 18.4. The zero-order chi connectivity index (χ0) is 24.4. The molecule has 0 unspecified atom stereocenters. The lowest BCUT2D eigenvalue weighted by Crippen LogP contribution is -2.47. The summed E-state index contributed by atoms with van der Waals surface area (Å²) < 4.78 is 64.9. The van der Waals surface area contributed by atoms with Crippen LogP contribution >= 0.6 is 0 Å². The van der Waals surface area contributed by atoms with Gasteiger partial charge in [-0.25, -0.2) is 13.4 Å². The maximum atomic E-state index is 12.7. The smallest absolute Gasteiger partial charge is 0.362 e. The first-order valence-electron chi connectivity index (χ1n) is 10.3. The van der Waals surface area contributed by atoms with Crippen LogP contribution in [0.5, 0.6) is 0 Å². The largest absolute Gasteiger partial charge is 0.417 e. The number of alkyl halides is 3. The number of anilines is 2. The molecule has 9 nitrogen and oxygen atoms in total. The Balaban J connectivity index is 1.79. The van der Waals surface area contributed by atoms with E-state index in [9.17, 15) is 31.7 Å². The van der Waals surface area contributed by atoms with E-state index in [-0.39, 0.29) is 23.7 Å². The third-order valence-electron chi connectivity index (χ3n) is 5.51. The van der Waals surface area contributed by atoms with E-state index in [0.29, 0.717) is 37.7 Å². The van der Waals surface area contributed by atoms with Crippen LogP contribution in [-0.4, -0.2) is 61.9 Å². The molecule has 13 heteroatoms. The summed E-state index contributed by atoms with van der Waals surface area (Å²) in [7, 11) is -3.85. The Labute approximate surface area is 189 Å². The molecule has 180 valence electrons. The Kier molecular flexibility index (Phi) is 7.12. The molecule has 0 bridgehead atoms. The van der Waals surface area contributed by atoms with Crippen molar-refractivity contribution in [3.8, 4) is 0 Å². The van der Waals surface area contributed by atoms with E-state index in [1.807, 2.05) is 0 Å². The molecular weight excluding hydrogens is 463 g/mol. The van der Waals surface area contributed by atoms with Crippen molar-refractivity contribution in [3.05, 3.63) is 52.2 Å². The summed E-state index contributed by atoms with van der Waals surface area (Å²) in [5.41, 5.74) is -0.858. The molecule has 1 saturated heterocycles. The van der Waals surface area contributed by atoms with Gasteiger partial charge in [-0.3, -0.25) is 10.1 Å². The third kappa shape index (κ3) is 5.19. The fourth-order valence-electron chi connectivity index (χ4n) is 3.71. The summed E-state index contributed by atoms with van der Waals surface area (Å²) in [5.74, 6) is 0.387. The number of nitrogens with zero attached hydrogens (tertiary/aromatic N) is 5. The molecule has 1 aliphatic heterocycles. The number of nitro benzene ring substituents is 1. The van der Waals surface area contributed by atoms with Crippen LogP contribution in [0.15, 0.2) is 41.4 Å². The van der Waals surface area contributed by atoms with Crippen LogP contribution in [0.3, 0.4) is 0 Å². The number of halogens is 3. The van der Waals surface area contributed by atoms with Crippen molar-refractivity contribution in [3.63, 3.8) is 0 Å². The van der Waals surface area contributed by atoms with Crippen LogP contribution in [0.25, 0.3) is 0 Å². The zero-order valence-corrected chi connectivity index (χ0v) is 18.9. The van der Waals surface area contributed by atoms with Gasteiger partial charge in [0.15, 0.2) is 0 Å². The summed E-state index contributed by atoms with van der Waals surface area (Å²) in [6.45, 7) is 5.34. The predicted octanol–water partition coefficient (Wildman–Crippen LogP) is 3.37. The number of benzene rings is 1. The molecule has 0 saturated carbocycles. The molecule has 0 N–H and O–H groups in total. The van der Waals surface area contributed by atoms with Crippen molar-refractivity contribution in [1.29, 1.82) is 0 Å². The standard InChI is InChI=1S/C20H24F3N5O4S/c1-3-27(4-2)33(31,32)16-6-7-17(18(13-16)28(29)30)25-9-11-26(12-10-25)19-8-5-15(14-24-19)20(21,22)23/h5-8,13-14H,3-4,9-12H2,1-2H3. The lowest BCUT2D eigenvalue weighted by Gasteiger charge is -2.36. The molecule has 0 aliphatic carbocycles. The quantitative estimate of drug-likeness (QED) is 0.436. The van der Waals surface area contributed by atoms with Gasteiger partial charge in [0.05, 0.1) is 15.4 Å². The number of hydrogen-bond acceptors (Lipinski definition) is 7. The Morgan fingerprint density at radius 3 is 2.15 bits per heavy atom. The number of pyridine rings is 1. The Hall–Kier alpha value is -2.93. The maximum Gasteiger partial charge on any atom is 0.417 e. The Morgan fingerprint density at radius 2 is 1.67 bits per heavy atom. The van der Waals surface area contributed by atoms with Crippen LogP contribution < -0.4 is 9.80 Å². The van der Waals surface area contributed by atoms with Crippen molar-refractivity contribution in [2.24, 2.45) is 0 Å². The summed E-state index contributed by atoms with van der Waals surface area (Å²) in [6.07, 6.45) is -3.68. The van der Waals surface area contributed by atoms with Crippen LogP contribution in [0.4, 0.5) is 30.4 Å². The molecule has 3 rings (SSSR count). The predicted molar refractivity (Wildman–Crippen MR) is 117 cm³/mol. The first kappa shape index (κ1) is 24.7. The minimum atomic E-state index is -4.46. The van der Waals surface area contributed by atoms with Gasteiger partial charge in [-0.2, -0.15) is 17.5 Å². The van der Waals surface area contributed by atoms with Crippen molar-refractivity contribution in [1.82, 2.24) is 9.29 Å². The van der Waals surface area contributed by atoms with Gasteiger partial charge in [0.2, 0.25) is 10.0 Å². The van der Waals surface area contributed by atoms with Crippen molar-refractivity contribution >= 4 is 27.2 Å². The first-order chi connectivity index (χ1) is 15.5. The molecule has 1 aromatic carbocycles. The highest BCUT2D eigenvalue weighted by atomic mass is 32.2. The molecular formula is C20H24F3N5O4S. The van der Waals surface area contributed by atoms with Crippen LogP contribution in [-0.2, 0) is 16.2 Å². The number of aromatic nitrogens is 1. The molecule has 0 radical (unpaired) electrons. The van der Waals surface area contributed by atoms with E-state index in [1.165, 1.54) is 22.5 Å². The van der Waals surface area contributed by atoms with E-state index >= 15 is 0 Å². The average molecular weight is 488 g/mol. The topological polar surface area (TPSA) is 99.9 Å². The molecule has 2 aromatic rings. The number of hydrogen-bond donors (Lipinski definition) is 0. The lowest BCUT2D eigenvalue weighted by molar-refractivity contribution is -0.384. The first-order valence-corrected chi connectivity index (χ1v) is 11.7. The number of rotatable bonds is 7. The van der Waals surface area contributed by atoms with Crippen molar-refractivity contribution in [2.45, 2.75) is 24.9 Å². The fraction of sp³-hybridized carbons (Fsp3) is 0.450. The SMILES string of the molecule is CCN(CC)S(=O)(=O)c1ccc(N2CCN(c3ccc(C(F)(F)F)cn3)CC2)c([N+](=O)[O-])c1. The van der Waals surface area contributed by atoms with E-state index in [0.717, 1.165) is 18.3 Å². The van der Waals surface area contributed by atoms with E-state index < -0.39 is 26.7 Å². The molecule has 1 fully saturated rings. The van der Waals surface area contributed by atoms with Crippen molar-refractivity contribution in [2.75, 3.05) is 49.1 Å². The normalized spacial score (nSPS) is 15.2. The lowest BCUT2D eigenvalue weighted by atomic mass is 10.2. The molecule has 0 amide bonds. The summed E-state index contributed by atoms with van der Waals surface area (Å²) >= 11 is 0. The Morgan fingerprint density at radius 1 is 1.06 bits per heavy atom. The van der Waals surface area contributed by atoms with Gasteiger partial charge in [0, 0.05) is 51.5 Å². The van der Waals surface area contributed by atoms with Crippen LogP contribution in [0.2, 0.25) is 0 Å². The third-order valence-corrected chi connectivity index (χ3v) is 7.55. The van der Waals surface area contributed by atoms with Crippen molar-refractivity contribution < 1.29 is 26.5 Å². The van der Waals surface area contributed by atoms with E-state index in [1.54, 1.807) is 23.6 Å². The zero-order valence-electron chi connectivity index (χ0n) is 18.1. The van der Waals surface area contributed by atoms with Gasteiger partial charge in [0.1, 0.15) is 11.5 Å². The molecule has 33 heavy (non-hydrogen) atoms. The van der Waals surface area contributed by atoms with E-state index in [2.05, 4.69) is 4.98 Å². The molecule has 1 aliphatic rings. The maximum absolute atomic E-state index is 12.7. The summed E-state index contributed by atoms with van der Waals surface area (Å²) in [5, 5.41) is 11.7. The number of nitro groups is 1. The van der Waals surface area contributed by atoms with Gasteiger partial charge in [-0.05, 0) is 24.3 Å². The highest BCUT2D eigenvalue weighted by Crippen LogP contribution is 2.33. The number of sulfonamides is 1. The van der Waals surface area contributed by atoms with Crippen LogP contribution in [0.1, 0.15) is 19.4 Å². The fourth-order valence-corrected chi connectivity index (χ4v) is 5.19. The molecule has 1 aromatic heterocycles. The van der Waals surface area contributed by atoms with Gasteiger partial charge >= 0.3 is 6.18 Å². The highest BCUT2D eigenvalue weighted by molar-refractivity contribution is 7.89. The minimum absolute atomic E-state index is 0.144. The van der Waals surface area contributed by atoms with Crippen LogP contribution in [0, 0.1) is 10.1 Å². The minimum Gasteiger partial charge on any atom is -0.362 e. The Bertz CT molecular complexity index is 1100. The van der Waals surface area contributed by atoms with Gasteiger partial charge in [0.25, 0.3) is 5.69 Å². The highest BCUT2D eigenvalue weighted by Gasteiger charge is 2.32. The molecule has 2 heterocycles. The monoisotopic (exact) mass is 487 g/mol. The number of piperazine rings is 1. The van der Waals surface area contributed by atoms with Gasteiger partial charge < -0.3 is 9.80 Å². The second kappa shape index (κ2) is 9.51. The molecule has 0 spiro atoms.